The summed E-state index contributed by atoms with van der Waals surface area (Å²) in [6.07, 6.45) is 0.946. The standard InChI is InChI=1S/C17H19NO2S/c1-20-15-10-8-14(9-11-15)17(19)18-12-5-13-21-16-6-3-2-4-7-16/h2-4,6-11H,5,12-13H2,1H3,(H,18,19). The molecule has 1 N–H and O–H groups in total. The maximum Gasteiger partial charge on any atom is 0.251 e. The molecule has 0 saturated heterocycles. The van der Waals surface area contributed by atoms with Gasteiger partial charge in [0.2, 0.25) is 0 Å². The first-order valence-corrected chi connectivity index (χ1v) is 7.88. The molecule has 0 aromatic heterocycles. The van der Waals surface area contributed by atoms with E-state index in [4.69, 9.17) is 4.74 Å². The number of carbonyl (C=O) groups excluding carboxylic acids is 1. The first kappa shape index (κ1) is 15.4. The van der Waals surface area contributed by atoms with Crippen molar-refractivity contribution in [1.29, 1.82) is 0 Å². The van der Waals surface area contributed by atoms with E-state index in [0.29, 0.717) is 12.1 Å². The maximum atomic E-state index is 11.9. The fourth-order valence-corrected chi connectivity index (χ4v) is 2.70. The Balaban J connectivity index is 1.67. The van der Waals surface area contributed by atoms with Crippen LogP contribution in [-0.2, 0) is 0 Å². The molecule has 2 rings (SSSR count). The summed E-state index contributed by atoms with van der Waals surface area (Å²) >= 11 is 1.81. The van der Waals surface area contributed by atoms with E-state index < -0.39 is 0 Å². The highest BCUT2D eigenvalue weighted by Gasteiger charge is 2.04. The smallest absolute Gasteiger partial charge is 0.251 e. The molecular formula is C17H19NO2S. The summed E-state index contributed by atoms with van der Waals surface area (Å²) in [7, 11) is 1.61. The lowest BCUT2D eigenvalue weighted by atomic mass is 10.2. The van der Waals surface area contributed by atoms with Gasteiger partial charge in [0.25, 0.3) is 5.91 Å². The van der Waals surface area contributed by atoms with E-state index in [2.05, 4.69) is 17.4 Å². The number of hydrogen-bond acceptors (Lipinski definition) is 3. The molecule has 21 heavy (non-hydrogen) atoms. The van der Waals surface area contributed by atoms with Crippen LogP contribution in [0.5, 0.6) is 5.75 Å². The van der Waals surface area contributed by atoms with Crippen molar-refractivity contribution < 1.29 is 9.53 Å². The normalized spacial score (nSPS) is 10.1. The van der Waals surface area contributed by atoms with E-state index in [9.17, 15) is 4.79 Å². The van der Waals surface area contributed by atoms with Crippen molar-refractivity contribution in [1.82, 2.24) is 5.32 Å². The van der Waals surface area contributed by atoms with Crippen LogP contribution < -0.4 is 10.1 Å². The Morgan fingerprint density at radius 1 is 1.10 bits per heavy atom. The molecule has 0 aliphatic heterocycles. The van der Waals surface area contributed by atoms with E-state index >= 15 is 0 Å². The molecule has 1 amide bonds. The highest BCUT2D eigenvalue weighted by Crippen LogP contribution is 2.17. The lowest BCUT2D eigenvalue weighted by Gasteiger charge is -2.06. The summed E-state index contributed by atoms with van der Waals surface area (Å²) < 4.78 is 5.07. The van der Waals surface area contributed by atoms with E-state index in [1.165, 1.54) is 4.90 Å². The third-order valence-electron chi connectivity index (χ3n) is 2.97. The molecule has 3 nitrogen and oxygen atoms in total. The van der Waals surface area contributed by atoms with Crippen molar-refractivity contribution in [3.8, 4) is 5.75 Å². The van der Waals surface area contributed by atoms with Gasteiger partial charge in [0.1, 0.15) is 5.75 Å². The van der Waals surface area contributed by atoms with Crippen LogP contribution in [0.4, 0.5) is 0 Å². The van der Waals surface area contributed by atoms with Crippen LogP contribution in [-0.4, -0.2) is 25.3 Å². The predicted octanol–water partition coefficient (Wildman–Crippen LogP) is 3.61. The van der Waals surface area contributed by atoms with Crippen molar-refractivity contribution in [2.45, 2.75) is 11.3 Å². The highest BCUT2D eigenvalue weighted by molar-refractivity contribution is 7.99. The summed E-state index contributed by atoms with van der Waals surface area (Å²) in [5, 5.41) is 2.93. The van der Waals surface area contributed by atoms with E-state index in [0.717, 1.165) is 17.9 Å². The van der Waals surface area contributed by atoms with Crippen LogP contribution in [0.2, 0.25) is 0 Å². The second-order valence-corrected chi connectivity index (χ2v) is 5.67. The van der Waals surface area contributed by atoms with Crippen molar-refractivity contribution in [3.63, 3.8) is 0 Å². The van der Waals surface area contributed by atoms with Gasteiger partial charge < -0.3 is 10.1 Å². The van der Waals surface area contributed by atoms with Gasteiger partial charge in [0, 0.05) is 17.0 Å². The second-order valence-electron chi connectivity index (χ2n) is 4.50. The van der Waals surface area contributed by atoms with E-state index in [-0.39, 0.29) is 5.91 Å². The number of hydrogen-bond donors (Lipinski definition) is 1. The van der Waals surface area contributed by atoms with E-state index in [1.54, 1.807) is 43.1 Å². The highest BCUT2D eigenvalue weighted by atomic mass is 32.2. The largest absolute Gasteiger partial charge is 0.497 e. The third kappa shape index (κ3) is 5.16. The minimum absolute atomic E-state index is 0.0395. The Bertz CT molecular complexity index is 555. The minimum Gasteiger partial charge on any atom is -0.497 e. The van der Waals surface area contributed by atoms with Crippen LogP contribution in [0.1, 0.15) is 16.8 Å². The number of nitrogens with one attached hydrogen (secondary N) is 1. The molecule has 0 fully saturated rings. The van der Waals surface area contributed by atoms with Gasteiger partial charge in [-0.15, -0.1) is 11.8 Å². The summed E-state index contributed by atoms with van der Waals surface area (Å²) in [4.78, 5) is 13.2. The number of ether oxygens (including phenoxy) is 1. The number of rotatable bonds is 7. The van der Waals surface area contributed by atoms with Crippen LogP contribution in [0.3, 0.4) is 0 Å². The minimum atomic E-state index is -0.0395. The quantitative estimate of drug-likeness (QED) is 0.627. The van der Waals surface area contributed by atoms with Crippen molar-refractivity contribution >= 4 is 17.7 Å². The second kappa shape index (κ2) is 8.37. The van der Waals surface area contributed by atoms with Crippen LogP contribution >= 0.6 is 11.8 Å². The van der Waals surface area contributed by atoms with Gasteiger partial charge in [-0.1, -0.05) is 18.2 Å². The Labute approximate surface area is 129 Å². The topological polar surface area (TPSA) is 38.3 Å². The first-order chi connectivity index (χ1) is 10.3. The fraction of sp³-hybridized carbons (Fsp3) is 0.235. The van der Waals surface area contributed by atoms with Gasteiger partial charge in [-0.25, -0.2) is 0 Å². The first-order valence-electron chi connectivity index (χ1n) is 6.89. The van der Waals surface area contributed by atoms with Gasteiger partial charge in [0.05, 0.1) is 7.11 Å². The molecule has 2 aromatic rings. The summed E-state index contributed by atoms with van der Waals surface area (Å²) in [5.41, 5.74) is 0.659. The van der Waals surface area contributed by atoms with Gasteiger partial charge >= 0.3 is 0 Å². The van der Waals surface area contributed by atoms with Crippen LogP contribution in [0, 0.1) is 0 Å². The summed E-state index contributed by atoms with van der Waals surface area (Å²) in [6.45, 7) is 0.685. The number of thioether (sulfide) groups is 1. The van der Waals surface area contributed by atoms with Crippen molar-refractivity contribution in [2.24, 2.45) is 0 Å². The zero-order valence-corrected chi connectivity index (χ0v) is 12.9. The molecule has 0 radical (unpaired) electrons. The van der Waals surface area contributed by atoms with Crippen molar-refractivity contribution in [2.75, 3.05) is 19.4 Å². The molecular weight excluding hydrogens is 282 g/mol. The van der Waals surface area contributed by atoms with Crippen molar-refractivity contribution in [3.05, 3.63) is 60.2 Å². The lowest BCUT2D eigenvalue weighted by Crippen LogP contribution is -2.24. The van der Waals surface area contributed by atoms with Gasteiger partial charge in [-0.2, -0.15) is 0 Å². The average molecular weight is 301 g/mol. The number of benzene rings is 2. The molecule has 2 aromatic carbocycles. The molecule has 0 bridgehead atoms. The Kier molecular flexibility index (Phi) is 6.16. The summed E-state index contributed by atoms with van der Waals surface area (Å²) in [5.74, 6) is 1.71. The van der Waals surface area contributed by atoms with Gasteiger partial charge in [-0.05, 0) is 48.6 Å². The molecule has 0 heterocycles. The monoisotopic (exact) mass is 301 g/mol. The maximum absolute atomic E-state index is 11.9. The number of amides is 1. The lowest BCUT2D eigenvalue weighted by molar-refractivity contribution is 0.0954. The van der Waals surface area contributed by atoms with Crippen LogP contribution in [0.25, 0.3) is 0 Å². The SMILES string of the molecule is COc1ccc(C(=O)NCCCSc2ccccc2)cc1. The number of methoxy groups -OCH3 is 1. The average Bonchev–Trinajstić information content (AvgIpc) is 2.55. The Morgan fingerprint density at radius 2 is 1.81 bits per heavy atom. The van der Waals surface area contributed by atoms with Gasteiger partial charge in [-0.3, -0.25) is 4.79 Å². The van der Waals surface area contributed by atoms with Gasteiger partial charge in [0.15, 0.2) is 0 Å². The molecule has 0 atom stereocenters. The molecule has 0 aliphatic rings. The zero-order valence-electron chi connectivity index (χ0n) is 12.0. The molecule has 4 heteroatoms. The molecule has 0 saturated carbocycles. The van der Waals surface area contributed by atoms with E-state index in [1.807, 2.05) is 18.2 Å². The summed E-state index contributed by atoms with van der Waals surface area (Å²) in [6, 6.07) is 17.4. The Hall–Kier alpha value is -1.94. The predicted molar refractivity (Wildman–Crippen MR) is 87.1 cm³/mol. The third-order valence-corrected chi connectivity index (χ3v) is 4.07. The molecule has 110 valence electrons. The zero-order chi connectivity index (χ0) is 14.9. The molecule has 0 unspecified atom stereocenters. The Morgan fingerprint density at radius 3 is 2.48 bits per heavy atom. The molecule has 0 aliphatic carbocycles. The number of carbonyl (C=O) groups is 1. The van der Waals surface area contributed by atoms with Crippen LogP contribution in [0.15, 0.2) is 59.5 Å². The fourth-order valence-electron chi connectivity index (χ4n) is 1.83. The molecule has 0 spiro atoms.